The second-order valence-electron chi connectivity index (χ2n) is 5.00. The zero-order valence-electron chi connectivity index (χ0n) is 13.8. The van der Waals surface area contributed by atoms with Gasteiger partial charge in [-0.15, -0.1) is 0 Å². The number of ether oxygens (including phenoxy) is 2. The fourth-order valence-electron chi connectivity index (χ4n) is 1.98. The zero-order chi connectivity index (χ0) is 17.6. The molecule has 0 saturated carbocycles. The predicted molar refractivity (Wildman–Crippen MR) is 93.3 cm³/mol. The Bertz CT molecular complexity index is 815. The summed E-state index contributed by atoms with van der Waals surface area (Å²) in [5.74, 6) is 1.22. The van der Waals surface area contributed by atoms with E-state index in [-0.39, 0.29) is 4.90 Å². The molecule has 128 valence electrons. The molecule has 0 atom stereocenters. The van der Waals surface area contributed by atoms with Crippen LogP contribution in [0.1, 0.15) is 18.1 Å². The molecule has 2 aromatic rings. The number of rotatable bonds is 7. The minimum atomic E-state index is -3.71. The van der Waals surface area contributed by atoms with Crippen LogP contribution in [-0.2, 0) is 10.0 Å². The summed E-state index contributed by atoms with van der Waals surface area (Å²) in [5.41, 5.74) is 1.60. The quantitative estimate of drug-likeness (QED) is 0.616. The Morgan fingerprint density at radius 2 is 1.88 bits per heavy atom. The van der Waals surface area contributed by atoms with Crippen LogP contribution in [0.3, 0.4) is 0 Å². The third kappa shape index (κ3) is 4.48. The second kappa shape index (κ2) is 7.83. The molecule has 2 rings (SSSR count). The maximum atomic E-state index is 12.2. The van der Waals surface area contributed by atoms with E-state index in [9.17, 15) is 8.42 Å². The van der Waals surface area contributed by atoms with Gasteiger partial charge in [-0.05, 0) is 44.2 Å². The van der Waals surface area contributed by atoms with E-state index >= 15 is 0 Å². The van der Waals surface area contributed by atoms with Crippen molar-refractivity contribution in [1.82, 2.24) is 4.83 Å². The van der Waals surface area contributed by atoms with Gasteiger partial charge in [0, 0.05) is 5.56 Å². The molecule has 0 spiro atoms. The van der Waals surface area contributed by atoms with Gasteiger partial charge >= 0.3 is 0 Å². The van der Waals surface area contributed by atoms with Crippen molar-refractivity contribution < 1.29 is 17.9 Å². The van der Waals surface area contributed by atoms with Crippen molar-refractivity contribution in [2.45, 2.75) is 18.7 Å². The molecule has 0 heterocycles. The molecular formula is C17H20N2O4S. The molecule has 7 heteroatoms. The molecule has 0 unspecified atom stereocenters. The highest BCUT2D eigenvalue weighted by atomic mass is 32.2. The first-order chi connectivity index (χ1) is 11.5. The maximum absolute atomic E-state index is 12.2. The lowest BCUT2D eigenvalue weighted by Gasteiger charge is -2.09. The standard InChI is InChI=1S/C17H20N2O4S/c1-4-23-17-10-7-15(22-3)11-14(17)12-18-19-24(20,21)16-8-5-13(2)6-9-16/h5-12,19H,4H2,1-3H3. The van der Waals surface area contributed by atoms with Crippen LogP contribution in [0.2, 0.25) is 0 Å². The third-order valence-corrected chi connectivity index (χ3v) is 4.46. The third-order valence-electron chi connectivity index (χ3n) is 3.22. The summed E-state index contributed by atoms with van der Waals surface area (Å²) in [7, 11) is -2.16. The lowest BCUT2D eigenvalue weighted by atomic mass is 10.2. The minimum absolute atomic E-state index is 0.154. The fraction of sp³-hybridized carbons (Fsp3) is 0.235. The van der Waals surface area contributed by atoms with Gasteiger partial charge in [0.25, 0.3) is 10.0 Å². The topological polar surface area (TPSA) is 77.0 Å². The number of benzene rings is 2. The highest BCUT2D eigenvalue weighted by molar-refractivity contribution is 7.89. The van der Waals surface area contributed by atoms with E-state index in [4.69, 9.17) is 9.47 Å². The van der Waals surface area contributed by atoms with Crippen LogP contribution in [0.15, 0.2) is 52.5 Å². The van der Waals surface area contributed by atoms with E-state index in [0.717, 1.165) is 5.56 Å². The summed E-state index contributed by atoms with van der Waals surface area (Å²) < 4.78 is 35.0. The highest BCUT2D eigenvalue weighted by Gasteiger charge is 2.12. The number of hydrogen-bond donors (Lipinski definition) is 1. The number of methoxy groups -OCH3 is 1. The SMILES string of the molecule is CCOc1ccc(OC)cc1C=NNS(=O)(=O)c1ccc(C)cc1. The van der Waals surface area contributed by atoms with Gasteiger partial charge in [0.1, 0.15) is 11.5 Å². The van der Waals surface area contributed by atoms with Crippen molar-refractivity contribution >= 4 is 16.2 Å². The molecule has 0 aliphatic heterocycles. The number of sulfonamides is 1. The summed E-state index contributed by atoms with van der Waals surface area (Å²) in [6.07, 6.45) is 1.39. The Labute approximate surface area is 142 Å². The maximum Gasteiger partial charge on any atom is 0.276 e. The summed E-state index contributed by atoms with van der Waals surface area (Å²) >= 11 is 0. The Hall–Kier alpha value is -2.54. The predicted octanol–water partition coefficient (Wildman–Crippen LogP) is 2.71. The molecule has 6 nitrogen and oxygen atoms in total. The minimum Gasteiger partial charge on any atom is -0.497 e. The molecule has 2 aromatic carbocycles. The normalized spacial score (nSPS) is 11.5. The zero-order valence-corrected chi connectivity index (χ0v) is 14.6. The summed E-state index contributed by atoms with van der Waals surface area (Å²) in [6, 6.07) is 11.8. The first-order valence-corrected chi connectivity index (χ1v) is 8.87. The lowest BCUT2D eigenvalue weighted by molar-refractivity contribution is 0.338. The van der Waals surface area contributed by atoms with Crippen LogP contribution in [0.25, 0.3) is 0 Å². The van der Waals surface area contributed by atoms with Crippen LogP contribution in [0.4, 0.5) is 0 Å². The average Bonchev–Trinajstić information content (AvgIpc) is 2.56. The van der Waals surface area contributed by atoms with Crippen molar-refractivity contribution in [2.24, 2.45) is 5.10 Å². The Kier molecular flexibility index (Phi) is 5.81. The molecule has 0 aliphatic carbocycles. The van der Waals surface area contributed by atoms with E-state index in [1.807, 2.05) is 13.8 Å². The van der Waals surface area contributed by atoms with E-state index in [1.54, 1.807) is 37.4 Å². The smallest absolute Gasteiger partial charge is 0.276 e. The van der Waals surface area contributed by atoms with Gasteiger partial charge in [-0.1, -0.05) is 17.7 Å². The summed E-state index contributed by atoms with van der Waals surface area (Å²) in [5, 5.41) is 3.83. The van der Waals surface area contributed by atoms with Crippen LogP contribution in [0.5, 0.6) is 11.5 Å². The van der Waals surface area contributed by atoms with Gasteiger partial charge in [0.2, 0.25) is 0 Å². The van der Waals surface area contributed by atoms with E-state index < -0.39 is 10.0 Å². The molecule has 0 amide bonds. The molecule has 1 N–H and O–H groups in total. The van der Waals surface area contributed by atoms with Gasteiger partial charge in [-0.2, -0.15) is 13.5 Å². The van der Waals surface area contributed by atoms with Crippen molar-refractivity contribution in [3.8, 4) is 11.5 Å². The van der Waals surface area contributed by atoms with E-state index in [0.29, 0.717) is 23.7 Å². The van der Waals surface area contributed by atoms with Gasteiger partial charge in [-0.25, -0.2) is 4.83 Å². The lowest BCUT2D eigenvalue weighted by Crippen LogP contribution is -2.18. The summed E-state index contributed by atoms with van der Waals surface area (Å²) in [6.45, 7) is 4.24. The average molecular weight is 348 g/mol. The van der Waals surface area contributed by atoms with Crippen LogP contribution < -0.4 is 14.3 Å². The number of hydrazone groups is 1. The molecule has 0 aliphatic rings. The molecule has 0 bridgehead atoms. The van der Waals surface area contributed by atoms with Gasteiger partial charge in [0.05, 0.1) is 24.8 Å². The second-order valence-corrected chi connectivity index (χ2v) is 6.66. The molecule has 0 saturated heterocycles. The molecule has 24 heavy (non-hydrogen) atoms. The molecule has 0 radical (unpaired) electrons. The van der Waals surface area contributed by atoms with Crippen molar-refractivity contribution in [3.63, 3.8) is 0 Å². The van der Waals surface area contributed by atoms with Crippen LogP contribution in [-0.4, -0.2) is 28.3 Å². The molecule has 0 fully saturated rings. The van der Waals surface area contributed by atoms with Crippen molar-refractivity contribution in [3.05, 3.63) is 53.6 Å². The Balaban J connectivity index is 2.20. The van der Waals surface area contributed by atoms with Crippen molar-refractivity contribution in [1.29, 1.82) is 0 Å². The van der Waals surface area contributed by atoms with E-state index in [2.05, 4.69) is 9.93 Å². The van der Waals surface area contributed by atoms with E-state index in [1.165, 1.54) is 18.3 Å². The monoisotopic (exact) mass is 348 g/mol. The van der Waals surface area contributed by atoms with Gasteiger partial charge in [-0.3, -0.25) is 0 Å². The highest BCUT2D eigenvalue weighted by Crippen LogP contribution is 2.22. The van der Waals surface area contributed by atoms with Crippen LogP contribution in [0, 0.1) is 6.92 Å². The summed E-state index contributed by atoms with van der Waals surface area (Å²) in [4.78, 5) is 2.35. The number of nitrogens with one attached hydrogen (secondary N) is 1. The first kappa shape index (κ1) is 17.8. The van der Waals surface area contributed by atoms with Gasteiger partial charge < -0.3 is 9.47 Å². The fourth-order valence-corrected chi connectivity index (χ4v) is 2.77. The van der Waals surface area contributed by atoms with Crippen molar-refractivity contribution in [2.75, 3.05) is 13.7 Å². The first-order valence-electron chi connectivity index (χ1n) is 7.38. The largest absolute Gasteiger partial charge is 0.497 e. The molecule has 0 aromatic heterocycles. The molecular weight excluding hydrogens is 328 g/mol. The number of nitrogens with zero attached hydrogens (tertiary/aromatic N) is 1. The number of hydrogen-bond acceptors (Lipinski definition) is 5. The Morgan fingerprint density at radius 1 is 1.17 bits per heavy atom. The Morgan fingerprint density at radius 3 is 2.50 bits per heavy atom. The number of aryl methyl sites for hydroxylation is 1. The van der Waals surface area contributed by atoms with Crippen LogP contribution >= 0.6 is 0 Å². The van der Waals surface area contributed by atoms with Gasteiger partial charge in [0.15, 0.2) is 0 Å².